The Morgan fingerprint density at radius 1 is 0.947 bits per heavy atom. The number of carboxylic acid groups (broad SMARTS) is 1. The number of hydrogen-bond donors (Lipinski definition) is 2. The van der Waals surface area contributed by atoms with Crippen LogP contribution in [0.3, 0.4) is 0 Å². The highest BCUT2D eigenvalue weighted by Gasteiger charge is 2.40. The third kappa shape index (κ3) is 5.15. The van der Waals surface area contributed by atoms with Crippen molar-refractivity contribution in [2.75, 3.05) is 32.7 Å². The van der Waals surface area contributed by atoms with Crippen LogP contribution in [0.25, 0.3) is 10.1 Å². The number of halogens is 1. The molecule has 12 heteroatoms. The number of amides is 1. The van der Waals surface area contributed by atoms with E-state index in [2.05, 4.69) is 0 Å². The number of rotatable bonds is 5. The minimum atomic E-state index is -3.96. The van der Waals surface area contributed by atoms with Crippen LogP contribution in [0.2, 0.25) is 5.02 Å². The van der Waals surface area contributed by atoms with Crippen molar-refractivity contribution >= 4 is 60.8 Å². The molecule has 0 saturated carbocycles. The lowest BCUT2D eigenvalue weighted by Crippen LogP contribution is -2.59. The number of carboxylic acids is 1. The third-order valence-corrected chi connectivity index (χ3v) is 10.7. The number of fused-ring (bicyclic) bond motifs is 1. The highest BCUT2D eigenvalue weighted by atomic mass is 35.5. The average molecular weight is 575 g/mol. The van der Waals surface area contributed by atoms with Gasteiger partial charge in [0.25, 0.3) is 15.9 Å². The van der Waals surface area contributed by atoms with Gasteiger partial charge in [-0.2, -0.15) is 4.31 Å². The Balaban J connectivity index is 1.32. The van der Waals surface area contributed by atoms with Gasteiger partial charge >= 0.3 is 5.97 Å². The number of nitrogens with one attached hydrogen (secondary N) is 1. The van der Waals surface area contributed by atoms with Crippen LogP contribution >= 0.6 is 22.9 Å². The Morgan fingerprint density at radius 3 is 2.32 bits per heavy atom. The van der Waals surface area contributed by atoms with Gasteiger partial charge in [-0.15, -0.1) is 11.3 Å². The van der Waals surface area contributed by atoms with Gasteiger partial charge in [0.15, 0.2) is 0 Å². The van der Waals surface area contributed by atoms with Crippen molar-refractivity contribution < 1.29 is 23.1 Å². The Kier molecular flexibility index (Phi) is 7.45. The monoisotopic (exact) mass is 574 g/mol. The van der Waals surface area contributed by atoms with Gasteiger partial charge in [0.2, 0.25) is 0 Å². The molecule has 2 N–H and O–H groups in total. The first-order valence-electron chi connectivity index (χ1n) is 12.3. The summed E-state index contributed by atoms with van der Waals surface area (Å²) in [5.41, 5.74) is 0.989. The number of piperazine rings is 1. The van der Waals surface area contributed by atoms with Gasteiger partial charge < -0.3 is 14.9 Å². The first kappa shape index (κ1) is 26.6. The summed E-state index contributed by atoms with van der Waals surface area (Å²) in [7, 11) is -3.96. The van der Waals surface area contributed by atoms with Gasteiger partial charge in [-0.05, 0) is 55.0 Å². The van der Waals surface area contributed by atoms with Crippen LogP contribution in [0.15, 0.2) is 52.7 Å². The summed E-state index contributed by atoms with van der Waals surface area (Å²) in [6.45, 7) is 1.24. The molecule has 2 saturated heterocycles. The van der Waals surface area contributed by atoms with E-state index in [0.717, 1.165) is 58.1 Å². The summed E-state index contributed by atoms with van der Waals surface area (Å²) < 4.78 is 28.7. The molecular formula is C26H27ClN4O5S2. The highest BCUT2D eigenvalue weighted by Crippen LogP contribution is 2.33. The van der Waals surface area contributed by atoms with Crippen molar-refractivity contribution in [1.82, 2.24) is 14.1 Å². The molecule has 2 fully saturated rings. The number of nitrogens with zero attached hydrogens (tertiary/aromatic N) is 3. The second-order valence-electron chi connectivity index (χ2n) is 9.44. The molecule has 2 aliphatic rings. The number of carbonyl (C=O) groups is 2. The summed E-state index contributed by atoms with van der Waals surface area (Å²) >= 11 is 7.11. The third-order valence-electron chi connectivity index (χ3n) is 7.02. The lowest BCUT2D eigenvalue weighted by atomic mass is 10.1. The second-order valence-corrected chi connectivity index (χ2v) is 13.1. The van der Waals surface area contributed by atoms with Gasteiger partial charge in [-0.1, -0.05) is 29.8 Å². The molecule has 5 rings (SSSR count). The van der Waals surface area contributed by atoms with E-state index >= 15 is 0 Å². The number of benzene rings is 2. The zero-order valence-corrected chi connectivity index (χ0v) is 22.9. The summed E-state index contributed by atoms with van der Waals surface area (Å²) in [6.07, 6.45) is 3.26. The zero-order chi connectivity index (χ0) is 27.0. The van der Waals surface area contributed by atoms with Gasteiger partial charge in [0, 0.05) is 53.6 Å². The number of thiophene rings is 1. The number of likely N-dealkylation sites (tertiary alicyclic amines) is 1. The van der Waals surface area contributed by atoms with Gasteiger partial charge in [0.05, 0.1) is 0 Å². The quantitative estimate of drug-likeness (QED) is 0.351. The van der Waals surface area contributed by atoms with Crippen LogP contribution in [0.1, 0.15) is 35.2 Å². The molecule has 200 valence electrons. The van der Waals surface area contributed by atoms with E-state index in [9.17, 15) is 23.1 Å². The minimum Gasteiger partial charge on any atom is -0.480 e. The molecule has 1 aromatic heterocycles. The van der Waals surface area contributed by atoms with E-state index in [4.69, 9.17) is 17.0 Å². The lowest BCUT2D eigenvalue weighted by molar-refractivity contribution is -0.143. The number of aliphatic carboxylic acids is 1. The van der Waals surface area contributed by atoms with Crippen LogP contribution in [0.5, 0.6) is 0 Å². The smallest absolute Gasteiger partial charge is 0.327 e. The van der Waals surface area contributed by atoms with Crippen LogP contribution in [-0.4, -0.2) is 84.1 Å². The average Bonchev–Trinajstić information content (AvgIpc) is 3.36. The largest absolute Gasteiger partial charge is 0.480 e. The van der Waals surface area contributed by atoms with E-state index in [-0.39, 0.29) is 23.8 Å². The maximum absolute atomic E-state index is 13.4. The molecule has 1 amide bonds. The molecule has 0 spiro atoms. The lowest BCUT2D eigenvalue weighted by Gasteiger charge is -2.38. The van der Waals surface area contributed by atoms with E-state index in [0.29, 0.717) is 22.0 Å². The molecular weight excluding hydrogens is 548 g/mol. The Morgan fingerprint density at radius 2 is 1.63 bits per heavy atom. The van der Waals surface area contributed by atoms with Gasteiger partial charge in [-0.25, -0.2) is 13.2 Å². The van der Waals surface area contributed by atoms with Crippen molar-refractivity contribution in [3.63, 3.8) is 0 Å². The first-order valence-corrected chi connectivity index (χ1v) is 15.0. The first-order chi connectivity index (χ1) is 18.1. The highest BCUT2D eigenvalue weighted by molar-refractivity contribution is 7.91. The van der Waals surface area contributed by atoms with Crippen LogP contribution in [0, 0.1) is 5.41 Å². The molecule has 9 nitrogen and oxygen atoms in total. The molecule has 3 aromatic rings. The van der Waals surface area contributed by atoms with Crippen molar-refractivity contribution in [3.8, 4) is 0 Å². The van der Waals surface area contributed by atoms with Crippen LogP contribution < -0.4 is 0 Å². The molecule has 1 atom stereocenters. The second kappa shape index (κ2) is 10.6. The number of piperidine rings is 1. The minimum absolute atomic E-state index is 0.0233. The van der Waals surface area contributed by atoms with Gasteiger partial charge in [-0.3, -0.25) is 10.2 Å². The summed E-state index contributed by atoms with van der Waals surface area (Å²) in [5.74, 6) is -1.35. The van der Waals surface area contributed by atoms with Crippen LogP contribution in [0.4, 0.5) is 0 Å². The molecule has 0 bridgehead atoms. The summed E-state index contributed by atoms with van der Waals surface area (Å²) in [4.78, 5) is 28.7. The molecule has 38 heavy (non-hydrogen) atoms. The normalized spacial score (nSPS) is 19.0. The summed E-state index contributed by atoms with van der Waals surface area (Å²) in [6, 6.07) is 11.9. The SMILES string of the molecule is N=C(c1ccc(C(=O)N2CCN(S(=O)(=O)c3cc4ccc(Cl)cc4s3)CC2C(=O)O)cc1)N1CCCCC1. The Hall–Kier alpha value is -2.99. The van der Waals surface area contributed by atoms with Crippen molar-refractivity contribution in [2.45, 2.75) is 29.5 Å². The topological polar surface area (TPSA) is 122 Å². The van der Waals surface area contributed by atoms with Crippen molar-refractivity contribution in [1.29, 1.82) is 5.41 Å². The fourth-order valence-electron chi connectivity index (χ4n) is 4.90. The molecule has 2 aromatic carbocycles. The van der Waals surface area contributed by atoms with E-state index < -0.39 is 27.9 Å². The summed E-state index contributed by atoms with van der Waals surface area (Å²) in [5, 5.41) is 19.6. The van der Waals surface area contributed by atoms with E-state index in [1.54, 1.807) is 48.5 Å². The number of amidine groups is 1. The zero-order valence-electron chi connectivity index (χ0n) is 20.5. The van der Waals surface area contributed by atoms with Crippen molar-refractivity contribution in [3.05, 3.63) is 64.7 Å². The van der Waals surface area contributed by atoms with Crippen molar-refractivity contribution in [2.24, 2.45) is 0 Å². The molecule has 2 aliphatic heterocycles. The van der Waals surface area contributed by atoms with E-state index in [1.807, 2.05) is 4.90 Å². The predicted molar refractivity (Wildman–Crippen MR) is 147 cm³/mol. The maximum atomic E-state index is 13.4. The molecule has 0 aliphatic carbocycles. The molecule has 1 unspecified atom stereocenters. The molecule has 0 radical (unpaired) electrons. The fourth-order valence-corrected chi connectivity index (χ4v) is 8.17. The number of carbonyl (C=O) groups excluding carboxylic acids is 1. The van der Waals surface area contributed by atoms with E-state index in [1.165, 1.54) is 4.90 Å². The van der Waals surface area contributed by atoms with Crippen LogP contribution in [-0.2, 0) is 14.8 Å². The Labute approximate surface area is 229 Å². The Bertz CT molecular complexity index is 1500. The fraction of sp³-hybridized carbons (Fsp3) is 0.346. The maximum Gasteiger partial charge on any atom is 0.327 e. The molecule has 3 heterocycles. The standard InChI is InChI=1S/C26H27ClN4O5S2/c27-20-9-8-19-14-23(37-22(19)15-20)38(35,36)30-12-13-31(21(16-30)26(33)34)25(32)18-6-4-17(5-7-18)24(28)29-10-2-1-3-11-29/h4-9,14-15,21,28H,1-3,10-13,16H2,(H,33,34). The van der Waals surface area contributed by atoms with Gasteiger partial charge in [0.1, 0.15) is 16.1 Å². The predicted octanol–water partition coefficient (Wildman–Crippen LogP) is 3.97. The number of hydrogen-bond acceptors (Lipinski definition) is 6. The number of sulfonamides is 1.